The van der Waals surface area contributed by atoms with Crippen LogP contribution in [0.2, 0.25) is 0 Å². The van der Waals surface area contributed by atoms with Crippen molar-refractivity contribution in [2.75, 3.05) is 13.1 Å². The summed E-state index contributed by atoms with van der Waals surface area (Å²) < 4.78 is 0. The molecule has 0 unspecified atom stereocenters. The molecule has 0 aromatic heterocycles. The lowest BCUT2D eigenvalue weighted by molar-refractivity contribution is -0.137. The minimum absolute atomic E-state index is 0.313. The molecule has 0 aromatic rings. The van der Waals surface area contributed by atoms with Crippen molar-refractivity contribution in [3.05, 3.63) is 0 Å². The van der Waals surface area contributed by atoms with E-state index in [0.29, 0.717) is 0 Å². The standard InChI is InChI=1S/C4H7NO4.CH2O.H3O3P/c6-3(7)1-5-2-4(8)9;1-2;1-4(2)3/h5H,1-2H2,(H,6,7)(H,8,9);1H2;1-3H. The van der Waals surface area contributed by atoms with Crippen LogP contribution >= 0.6 is 8.60 Å². The van der Waals surface area contributed by atoms with E-state index in [1.165, 1.54) is 0 Å². The molecule has 0 fully saturated rings. The fourth-order valence-corrected chi connectivity index (χ4v) is 0.276. The van der Waals surface area contributed by atoms with Gasteiger partial charge in [0.2, 0.25) is 0 Å². The maximum atomic E-state index is 9.73. The first-order valence-corrected chi connectivity index (χ1v) is 4.36. The molecule has 0 heterocycles. The zero-order valence-corrected chi connectivity index (χ0v) is 8.42. The first-order chi connectivity index (χ1) is 6.86. The summed E-state index contributed by atoms with van der Waals surface area (Å²) >= 11 is 0. The monoisotopic (exact) mass is 245 g/mol. The van der Waals surface area contributed by atoms with Crippen molar-refractivity contribution in [3.63, 3.8) is 0 Å². The van der Waals surface area contributed by atoms with Crippen molar-refractivity contribution >= 4 is 27.3 Å². The van der Waals surface area contributed by atoms with E-state index in [1.807, 2.05) is 6.79 Å². The Bertz CT molecular complexity index is 158. The summed E-state index contributed by atoms with van der Waals surface area (Å²) in [5.41, 5.74) is 0. The third kappa shape index (κ3) is 64.0. The number of carboxylic acid groups (broad SMARTS) is 2. The molecule has 0 atom stereocenters. The number of aliphatic carboxylic acids is 2. The van der Waals surface area contributed by atoms with E-state index in [0.717, 1.165) is 0 Å². The summed E-state index contributed by atoms with van der Waals surface area (Å²) in [5.74, 6) is -2.12. The van der Waals surface area contributed by atoms with Crippen LogP contribution < -0.4 is 5.32 Å². The van der Waals surface area contributed by atoms with Crippen LogP contribution in [0.4, 0.5) is 0 Å². The Hall–Kier alpha value is -1.12. The molecule has 0 aromatic carbocycles. The second kappa shape index (κ2) is 15.4. The summed E-state index contributed by atoms with van der Waals surface area (Å²) in [6.07, 6.45) is 0. The molecule has 0 saturated carbocycles. The van der Waals surface area contributed by atoms with E-state index in [4.69, 9.17) is 29.7 Å². The van der Waals surface area contributed by atoms with Crippen LogP contribution in [0.1, 0.15) is 0 Å². The van der Waals surface area contributed by atoms with E-state index >= 15 is 0 Å². The maximum absolute atomic E-state index is 9.73. The topological polar surface area (TPSA) is 164 Å². The lowest BCUT2D eigenvalue weighted by Gasteiger charge is -1.93. The summed E-state index contributed by atoms with van der Waals surface area (Å²) in [5, 5.41) is 18.1. The van der Waals surface area contributed by atoms with Gasteiger partial charge in [0.15, 0.2) is 0 Å². The van der Waals surface area contributed by atoms with Gasteiger partial charge in [-0.3, -0.25) is 14.9 Å². The molecule has 0 spiro atoms. The molecule has 0 rings (SSSR count). The predicted octanol–water partition coefficient (Wildman–Crippen LogP) is -2.25. The molecular weight excluding hydrogens is 233 g/mol. The van der Waals surface area contributed by atoms with Crippen LogP contribution in [0, 0.1) is 0 Å². The molecular formula is C5H12NO8P. The second-order valence-corrected chi connectivity index (χ2v) is 2.20. The van der Waals surface area contributed by atoms with E-state index in [1.54, 1.807) is 0 Å². The largest absolute Gasteiger partial charge is 0.480 e. The third-order valence-corrected chi connectivity index (χ3v) is 0.552. The van der Waals surface area contributed by atoms with Gasteiger partial charge in [0, 0.05) is 0 Å². The Morgan fingerprint density at radius 3 is 1.33 bits per heavy atom. The SMILES string of the molecule is C=O.O=C(O)CNCC(=O)O.OP(O)O. The lowest BCUT2D eigenvalue weighted by atomic mass is 10.6. The van der Waals surface area contributed by atoms with Gasteiger partial charge in [0.05, 0.1) is 13.1 Å². The van der Waals surface area contributed by atoms with Crippen LogP contribution in [-0.4, -0.2) is 56.7 Å². The Kier molecular flexibility index (Phi) is 19.9. The molecule has 0 aliphatic heterocycles. The fourth-order valence-electron chi connectivity index (χ4n) is 0.276. The van der Waals surface area contributed by atoms with E-state index in [-0.39, 0.29) is 13.1 Å². The van der Waals surface area contributed by atoms with Gasteiger partial charge in [-0.25, -0.2) is 0 Å². The average molecular weight is 245 g/mol. The van der Waals surface area contributed by atoms with Crippen LogP contribution in [0.15, 0.2) is 0 Å². The summed E-state index contributed by atoms with van der Waals surface area (Å²) in [6.45, 7) is 1.37. The summed E-state index contributed by atoms with van der Waals surface area (Å²) in [6, 6.07) is 0. The Balaban J connectivity index is -0.000000202. The molecule has 0 aliphatic carbocycles. The van der Waals surface area contributed by atoms with Gasteiger partial charge in [0.25, 0.3) is 0 Å². The van der Waals surface area contributed by atoms with Crippen molar-refractivity contribution in [1.29, 1.82) is 0 Å². The Morgan fingerprint density at radius 1 is 1.00 bits per heavy atom. The number of carbonyl (C=O) groups is 3. The smallest absolute Gasteiger partial charge is 0.324 e. The van der Waals surface area contributed by atoms with Gasteiger partial charge < -0.3 is 29.7 Å². The van der Waals surface area contributed by atoms with Gasteiger partial charge in [-0.05, 0) is 0 Å². The number of rotatable bonds is 4. The molecule has 10 heteroatoms. The van der Waals surface area contributed by atoms with E-state index < -0.39 is 20.5 Å². The van der Waals surface area contributed by atoms with Gasteiger partial charge in [0.1, 0.15) is 6.79 Å². The molecule has 0 saturated heterocycles. The van der Waals surface area contributed by atoms with Crippen LogP contribution in [-0.2, 0) is 14.4 Å². The summed E-state index contributed by atoms with van der Waals surface area (Å²) in [7, 11) is -2.62. The minimum atomic E-state index is -2.62. The van der Waals surface area contributed by atoms with Crippen LogP contribution in [0.3, 0.4) is 0 Å². The molecule has 0 amide bonds. The first-order valence-electron chi connectivity index (χ1n) is 3.16. The van der Waals surface area contributed by atoms with Gasteiger partial charge in [-0.2, -0.15) is 0 Å². The highest BCUT2D eigenvalue weighted by molar-refractivity contribution is 7.38. The van der Waals surface area contributed by atoms with Crippen LogP contribution in [0.25, 0.3) is 0 Å². The number of carboxylic acids is 2. The van der Waals surface area contributed by atoms with Crippen molar-refractivity contribution in [2.45, 2.75) is 0 Å². The molecule has 15 heavy (non-hydrogen) atoms. The summed E-state index contributed by atoms with van der Waals surface area (Å²) in [4.78, 5) is 49.1. The van der Waals surface area contributed by atoms with E-state index in [9.17, 15) is 9.59 Å². The van der Waals surface area contributed by atoms with Gasteiger partial charge in [-0.15, -0.1) is 0 Å². The average Bonchev–Trinajstić information content (AvgIpc) is 2.05. The van der Waals surface area contributed by atoms with Crippen molar-refractivity contribution in [1.82, 2.24) is 5.32 Å². The molecule has 9 nitrogen and oxygen atoms in total. The predicted molar refractivity (Wildman–Crippen MR) is 48.8 cm³/mol. The maximum Gasteiger partial charge on any atom is 0.324 e. The fraction of sp³-hybridized carbons (Fsp3) is 0.400. The first kappa shape index (κ1) is 19.5. The van der Waals surface area contributed by atoms with Crippen molar-refractivity contribution in [3.8, 4) is 0 Å². The Labute approximate surface area is 86.0 Å². The third-order valence-electron chi connectivity index (χ3n) is 0.552. The molecule has 0 aliphatic rings. The molecule has 90 valence electrons. The second-order valence-electron chi connectivity index (χ2n) is 1.66. The highest BCUT2D eigenvalue weighted by atomic mass is 31.2. The van der Waals surface area contributed by atoms with Crippen LogP contribution in [0.5, 0.6) is 0 Å². The molecule has 0 bridgehead atoms. The molecule has 0 radical (unpaired) electrons. The number of hydrogen-bond acceptors (Lipinski definition) is 7. The van der Waals surface area contributed by atoms with E-state index in [2.05, 4.69) is 5.32 Å². The van der Waals surface area contributed by atoms with Gasteiger partial charge >= 0.3 is 20.5 Å². The zero-order chi connectivity index (χ0) is 12.9. The lowest BCUT2D eigenvalue weighted by Crippen LogP contribution is -2.27. The highest BCUT2D eigenvalue weighted by Gasteiger charge is 1.97. The number of hydrogen-bond donors (Lipinski definition) is 6. The van der Waals surface area contributed by atoms with Crippen molar-refractivity contribution in [2.24, 2.45) is 0 Å². The number of carbonyl (C=O) groups excluding carboxylic acids is 1. The number of nitrogens with one attached hydrogen (secondary N) is 1. The molecule has 6 N–H and O–H groups in total. The normalized spacial score (nSPS) is 8.00. The minimum Gasteiger partial charge on any atom is -0.480 e. The Morgan fingerprint density at radius 2 is 1.20 bits per heavy atom. The highest BCUT2D eigenvalue weighted by Crippen LogP contribution is 2.11. The van der Waals surface area contributed by atoms with Crippen molar-refractivity contribution < 1.29 is 39.3 Å². The quantitative estimate of drug-likeness (QED) is 0.300. The van der Waals surface area contributed by atoms with Gasteiger partial charge in [-0.1, -0.05) is 0 Å². The zero-order valence-electron chi connectivity index (χ0n) is 7.53.